The molecule has 20 heavy (non-hydrogen) atoms. The lowest BCUT2D eigenvalue weighted by atomic mass is 10.2. The molecule has 0 N–H and O–H groups in total. The summed E-state index contributed by atoms with van der Waals surface area (Å²) in [6.45, 7) is 1.57. The second kappa shape index (κ2) is 6.02. The summed E-state index contributed by atoms with van der Waals surface area (Å²) in [4.78, 5) is 22.5. The zero-order valence-corrected chi connectivity index (χ0v) is 12.0. The summed E-state index contributed by atoms with van der Waals surface area (Å²) in [6, 6.07) is 7.55. The molecule has 0 fully saturated rings. The zero-order chi connectivity index (χ0) is 14.7. The summed E-state index contributed by atoms with van der Waals surface area (Å²) >= 11 is 6.92. The van der Waals surface area contributed by atoms with E-state index in [1.807, 2.05) is 0 Å². The Kier molecular flexibility index (Phi) is 4.36. The number of ketones is 1. The third-order valence-electron chi connectivity index (χ3n) is 2.59. The molecule has 0 saturated carbocycles. The van der Waals surface area contributed by atoms with Gasteiger partial charge in [0.1, 0.15) is 5.75 Å². The number of rotatable bonds is 5. The van der Waals surface area contributed by atoms with Gasteiger partial charge in [0.2, 0.25) is 5.78 Å². The molecule has 0 radical (unpaired) electrons. The summed E-state index contributed by atoms with van der Waals surface area (Å²) in [5.41, 5.74) is 0.657. The maximum absolute atomic E-state index is 11.9. The monoisotopic (exact) mass is 311 g/mol. The number of ether oxygens (including phenoxy) is 1. The van der Waals surface area contributed by atoms with Crippen molar-refractivity contribution in [3.05, 3.63) is 55.2 Å². The number of thiophene rings is 1. The molecule has 0 unspecified atom stereocenters. The SMILES string of the molecule is Cc1ccc([N+](=O)[O-])cc1OCC(=O)c1ccc(Cl)s1. The summed E-state index contributed by atoms with van der Waals surface area (Å²) in [6.07, 6.45) is 0. The van der Waals surface area contributed by atoms with E-state index in [0.29, 0.717) is 15.0 Å². The van der Waals surface area contributed by atoms with Crippen LogP contribution in [0.25, 0.3) is 0 Å². The highest BCUT2D eigenvalue weighted by molar-refractivity contribution is 7.18. The minimum absolute atomic E-state index is 0.0720. The second-order valence-corrected chi connectivity index (χ2v) is 5.74. The largest absolute Gasteiger partial charge is 0.485 e. The van der Waals surface area contributed by atoms with Gasteiger partial charge in [-0.2, -0.15) is 0 Å². The van der Waals surface area contributed by atoms with Crippen LogP contribution in [-0.2, 0) is 0 Å². The minimum atomic E-state index is -0.507. The molecule has 0 bridgehead atoms. The molecule has 1 aromatic carbocycles. The summed E-state index contributed by atoms with van der Waals surface area (Å²) in [5, 5.41) is 10.7. The van der Waals surface area contributed by atoms with Crippen molar-refractivity contribution >= 4 is 34.4 Å². The number of halogens is 1. The highest BCUT2D eigenvalue weighted by Crippen LogP contribution is 2.25. The first kappa shape index (κ1) is 14.5. The minimum Gasteiger partial charge on any atom is -0.485 e. The molecule has 104 valence electrons. The maximum atomic E-state index is 11.9. The van der Waals surface area contributed by atoms with Gasteiger partial charge in [-0.25, -0.2) is 0 Å². The standard InChI is InChI=1S/C13H10ClNO4S/c1-8-2-3-9(15(17)18)6-11(8)19-7-10(16)12-4-5-13(14)20-12/h2-6H,7H2,1H3. The van der Waals surface area contributed by atoms with E-state index in [-0.39, 0.29) is 18.1 Å². The number of hydrogen-bond acceptors (Lipinski definition) is 5. The van der Waals surface area contributed by atoms with Crippen molar-refractivity contribution in [2.45, 2.75) is 6.92 Å². The number of nitrogens with zero attached hydrogens (tertiary/aromatic N) is 1. The Morgan fingerprint density at radius 2 is 2.15 bits per heavy atom. The van der Waals surface area contributed by atoms with Gasteiger partial charge in [-0.15, -0.1) is 11.3 Å². The molecule has 0 aliphatic heterocycles. The number of aryl methyl sites for hydroxylation is 1. The van der Waals surface area contributed by atoms with Gasteiger partial charge in [0, 0.05) is 6.07 Å². The Balaban J connectivity index is 2.09. The van der Waals surface area contributed by atoms with Crippen LogP contribution in [0.15, 0.2) is 30.3 Å². The zero-order valence-electron chi connectivity index (χ0n) is 10.5. The molecule has 0 aliphatic rings. The van der Waals surface area contributed by atoms with Crippen LogP contribution in [0.4, 0.5) is 5.69 Å². The van der Waals surface area contributed by atoms with Crippen molar-refractivity contribution in [2.24, 2.45) is 0 Å². The van der Waals surface area contributed by atoms with Crippen LogP contribution < -0.4 is 4.74 Å². The van der Waals surface area contributed by atoms with Gasteiger partial charge in [-0.1, -0.05) is 11.6 Å². The molecule has 2 rings (SSSR count). The van der Waals surface area contributed by atoms with Gasteiger partial charge in [-0.3, -0.25) is 14.9 Å². The van der Waals surface area contributed by atoms with Gasteiger partial charge >= 0.3 is 0 Å². The number of Topliss-reactive ketones (excluding diaryl/α,β-unsaturated/α-hetero) is 1. The van der Waals surface area contributed by atoms with E-state index in [0.717, 1.165) is 5.56 Å². The molecule has 0 atom stereocenters. The van der Waals surface area contributed by atoms with Crippen molar-refractivity contribution in [3.63, 3.8) is 0 Å². The van der Waals surface area contributed by atoms with Crippen LogP contribution in [0, 0.1) is 17.0 Å². The summed E-state index contributed by atoms with van der Waals surface area (Å²) in [5.74, 6) is 0.114. The molecular formula is C13H10ClNO4S. The third kappa shape index (κ3) is 3.34. The van der Waals surface area contributed by atoms with Crippen molar-refractivity contribution in [1.29, 1.82) is 0 Å². The van der Waals surface area contributed by atoms with Crippen LogP contribution in [0.1, 0.15) is 15.2 Å². The fourth-order valence-electron chi connectivity index (χ4n) is 1.54. The first-order valence-corrected chi connectivity index (χ1v) is 6.83. The lowest BCUT2D eigenvalue weighted by molar-refractivity contribution is -0.384. The normalized spacial score (nSPS) is 10.3. The van der Waals surface area contributed by atoms with E-state index >= 15 is 0 Å². The number of benzene rings is 1. The molecule has 5 nitrogen and oxygen atoms in total. The molecular weight excluding hydrogens is 302 g/mol. The number of nitro benzene ring substituents is 1. The Morgan fingerprint density at radius 1 is 1.40 bits per heavy atom. The number of carbonyl (C=O) groups excluding carboxylic acids is 1. The first-order valence-electron chi connectivity index (χ1n) is 5.64. The van der Waals surface area contributed by atoms with E-state index in [9.17, 15) is 14.9 Å². The number of hydrogen-bond donors (Lipinski definition) is 0. The highest BCUT2D eigenvalue weighted by Gasteiger charge is 2.13. The Morgan fingerprint density at radius 3 is 2.75 bits per heavy atom. The molecule has 0 saturated heterocycles. The fourth-order valence-corrected chi connectivity index (χ4v) is 2.50. The summed E-state index contributed by atoms with van der Waals surface area (Å²) < 4.78 is 5.89. The molecule has 0 amide bonds. The topological polar surface area (TPSA) is 69.4 Å². The second-order valence-electron chi connectivity index (χ2n) is 4.02. The number of nitro groups is 1. The molecule has 0 spiro atoms. The van der Waals surface area contributed by atoms with Crippen LogP contribution in [0.3, 0.4) is 0 Å². The maximum Gasteiger partial charge on any atom is 0.273 e. The van der Waals surface area contributed by atoms with Crippen LogP contribution in [0.5, 0.6) is 5.75 Å². The van der Waals surface area contributed by atoms with Crippen molar-refractivity contribution in [2.75, 3.05) is 6.61 Å². The van der Waals surface area contributed by atoms with Gasteiger partial charge in [0.25, 0.3) is 5.69 Å². The van der Waals surface area contributed by atoms with Crippen LogP contribution >= 0.6 is 22.9 Å². The van der Waals surface area contributed by atoms with E-state index in [1.54, 1.807) is 25.1 Å². The smallest absolute Gasteiger partial charge is 0.273 e. The average molecular weight is 312 g/mol. The van der Waals surface area contributed by atoms with Gasteiger partial charge in [0.15, 0.2) is 6.61 Å². The van der Waals surface area contributed by atoms with Crippen molar-refractivity contribution < 1.29 is 14.5 Å². The van der Waals surface area contributed by atoms with Crippen molar-refractivity contribution in [3.8, 4) is 5.75 Å². The predicted octanol–water partition coefficient (Wildman–Crippen LogP) is 3.88. The fraction of sp³-hybridized carbons (Fsp3) is 0.154. The van der Waals surface area contributed by atoms with E-state index in [1.165, 1.54) is 23.5 Å². The molecule has 0 aliphatic carbocycles. The average Bonchev–Trinajstić information content (AvgIpc) is 2.84. The Labute approximate surface area is 123 Å². The lowest BCUT2D eigenvalue weighted by Gasteiger charge is -2.07. The van der Waals surface area contributed by atoms with E-state index in [2.05, 4.69) is 0 Å². The van der Waals surface area contributed by atoms with Crippen LogP contribution in [0.2, 0.25) is 4.34 Å². The van der Waals surface area contributed by atoms with E-state index < -0.39 is 4.92 Å². The predicted molar refractivity (Wildman–Crippen MR) is 77.0 cm³/mol. The van der Waals surface area contributed by atoms with Gasteiger partial charge in [-0.05, 0) is 30.7 Å². The van der Waals surface area contributed by atoms with Gasteiger partial charge in [0.05, 0.1) is 20.2 Å². The highest BCUT2D eigenvalue weighted by atomic mass is 35.5. The summed E-state index contributed by atoms with van der Waals surface area (Å²) in [7, 11) is 0. The van der Waals surface area contributed by atoms with E-state index in [4.69, 9.17) is 16.3 Å². The molecule has 7 heteroatoms. The first-order chi connectivity index (χ1) is 9.47. The van der Waals surface area contributed by atoms with Crippen molar-refractivity contribution in [1.82, 2.24) is 0 Å². The third-order valence-corrected chi connectivity index (χ3v) is 3.86. The Hall–Kier alpha value is -1.92. The molecule has 1 heterocycles. The van der Waals surface area contributed by atoms with Gasteiger partial charge < -0.3 is 4.74 Å². The lowest BCUT2D eigenvalue weighted by Crippen LogP contribution is -2.10. The number of non-ortho nitro benzene ring substituents is 1. The quantitative estimate of drug-likeness (QED) is 0.477. The molecule has 2 aromatic rings. The van der Waals surface area contributed by atoms with Crippen LogP contribution in [-0.4, -0.2) is 17.3 Å². The Bertz CT molecular complexity index is 668. The molecule has 1 aromatic heterocycles. The number of carbonyl (C=O) groups is 1.